The van der Waals surface area contributed by atoms with E-state index in [-0.39, 0.29) is 12.6 Å². The van der Waals surface area contributed by atoms with E-state index in [4.69, 9.17) is 5.11 Å². The van der Waals surface area contributed by atoms with Gasteiger partial charge in [0.05, 0.1) is 5.52 Å². The van der Waals surface area contributed by atoms with Crippen molar-refractivity contribution >= 4 is 17.0 Å². The van der Waals surface area contributed by atoms with Crippen LogP contribution in [0.5, 0.6) is 0 Å². The van der Waals surface area contributed by atoms with Gasteiger partial charge in [-0.25, -0.2) is 4.98 Å². The Hall–Kier alpha value is -1.75. The third-order valence-corrected chi connectivity index (χ3v) is 2.92. The zero-order valence-corrected chi connectivity index (χ0v) is 10.7. The number of benzene rings is 1. The smallest absolute Gasteiger partial charge is 0.243 e. The molecule has 5 nitrogen and oxygen atoms in total. The molecule has 96 valence electrons. The van der Waals surface area contributed by atoms with Crippen LogP contribution >= 0.6 is 0 Å². The Kier molecular flexibility index (Phi) is 4.04. The minimum absolute atomic E-state index is 0.150. The van der Waals surface area contributed by atoms with Crippen molar-refractivity contribution in [3.05, 3.63) is 24.3 Å². The van der Waals surface area contributed by atoms with E-state index in [2.05, 4.69) is 34.3 Å². The Morgan fingerprint density at radius 1 is 1.17 bits per heavy atom. The van der Waals surface area contributed by atoms with Crippen LogP contribution in [0.3, 0.4) is 0 Å². The van der Waals surface area contributed by atoms with Crippen molar-refractivity contribution in [2.75, 3.05) is 11.9 Å². The molecule has 1 aromatic heterocycles. The van der Waals surface area contributed by atoms with Crippen LogP contribution in [0.15, 0.2) is 24.3 Å². The fourth-order valence-electron chi connectivity index (χ4n) is 1.82. The van der Waals surface area contributed by atoms with Crippen molar-refractivity contribution in [2.24, 2.45) is 5.92 Å². The summed E-state index contributed by atoms with van der Waals surface area (Å²) in [4.78, 5) is 4.41. The van der Waals surface area contributed by atoms with Crippen LogP contribution in [0.25, 0.3) is 11.0 Å². The number of anilines is 1. The second-order valence-corrected chi connectivity index (χ2v) is 4.63. The zero-order valence-electron chi connectivity index (χ0n) is 10.7. The van der Waals surface area contributed by atoms with Crippen molar-refractivity contribution in [2.45, 2.75) is 26.3 Å². The molecule has 1 aromatic carbocycles. The highest BCUT2D eigenvalue weighted by Crippen LogP contribution is 2.13. The highest BCUT2D eigenvalue weighted by Gasteiger charge is 2.14. The maximum Gasteiger partial charge on any atom is 0.243 e. The summed E-state index contributed by atoms with van der Waals surface area (Å²) in [6, 6.07) is 7.78. The number of hydrogen-bond acceptors (Lipinski definition) is 5. The molecule has 0 aliphatic carbocycles. The number of aromatic nitrogens is 3. The summed E-state index contributed by atoms with van der Waals surface area (Å²) in [7, 11) is 0. The van der Waals surface area contributed by atoms with E-state index >= 15 is 0 Å². The molecule has 0 aliphatic heterocycles. The third kappa shape index (κ3) is 2.92. The average Bonchev–Trinajstić information content (AvgIpc) is 2.38. The van der Waals surface area contributed by atoms with Crippen molar-refractivity contribution < 1.29 is 5.11 Å². The number of aliphatic hydroxyl groups is 1. The Morgan fingerprint density at radius 2 is 1.89 bits per heavy atom. The lowest BCUT2D eigenvalue weighted by Gasteiger charge is -2.21. The van der Waals surface area contributed by atoms with Crippen LogP contribution in [-0.4, -0.2) is 32.9 Å². The van der Waals surface area contributed by atoms with Gasteiger partial charge in [0.1, 0.15) is 5.52 Å². The fraction of sp³-hybridized carbons (Fsp3) is 0.462. The number of nitrogens with zero attached hydrogens (tertiary/aromatic N) is 3. The van der Waals surface area contributed by atoms with E-state index in [1.54, 1.807) is 0 Å². The summed E-state index contributed by atoms with van der Waals surface area (Å²) in [5, 5.41) is 20.4. The first-order valence-electron chi connectivity index (χ1n) is 6.17. The van der Waals surface area contributed by atoms with Gasteiger partial charge in [-0.1, -0.05) is 26.0 Å². The van der Waals surface area contributed by atoms with Crippen molar-refractivity contribution in [1.82, 2.24) is 15.2 Å². The predicted octanol–water partition coefficient (Wildman–Crippen LogP) is 1.84. The van der Waals surface area contributed by atoms with Crippen LogP contribution in [0, 0.1) is 5.92 Å². The lowest BCUT2D eigenvalue weighted by molar-refractivity contribution is 0.267. The molecule has 1 heterocycles. The van der Waals surface area contributed by atoms with Gasteiger partial charge in [-0.2, -0.15) is 0 Å². The van der Waals surface area contributed by atoms with Gasteiger partial charge >= 0.3 is 0 Å². The maximum atomic E-state index is 9.04. The molecule has 0 fully saturated rings. The van der Waals surface area contributed by atoms with E-state index in [1.807, 2.05) is 24.3 Å². The first kappa shape index (κ1) is 12.7. The summed E-state index contributed by atoms with van der Waals surface area (Å²) in [6.07, 6.45) is 0.674. The van der Waals surface area contributed by atoms with Gasteiger partial charge in [0.2, 0.25) is 5.95 Å². The molecule has 0 bridgehead atoms. The summed E-state index contributed by atoms with van der Waals surface area (Å²) >= 11 is 0. The zero-order chi connectivity index (χ0) is 13.0. The van der Waals surface area contributed by atoms with Crippen LogP contribution in [-0.2, 0) is 0 Å². The summed E-state index contributed by atoms with van der Waals surface area (Å²) < 4.78 is 0. The highest BCUT2D eigenvalue weighted by molar-refractivity contribution is 5.74. The van der Waals surface area contributed by atoms with Gasteiger partial charge in [0, 0.05) is 12.6 Å². The molecule has 2 aromatic rings. The first-order valence-corrected chi connectivity index (χ1v) is 6.17. The van der Waals surface area contributed by atoms with Gasteiger partial charge in [0.25, 0.3) is 0 Å². The molecule has 0 aliphatic rings. The molecule has 0 saturated heterocycles. The van der Waals surface area contributed by atoms with E-state index in [1.165, 1.54) is 0 Å². The largest absolute Gasteiger partial charge is 0.396 e. The molecule has 0 spiro atoms. The average molecular weight is 246 g/mol. The fourth-order valence-corrected chi connectivity index (χ4v) is 1.82. The molecular weight excluding hydrogens is 228 g/mol. The molecule has 5 heteroatoms. The molecule has 18 heavy (non-hydrogen) atoms. The predicted molar refractivity (Wildman–Crippen MR) is 71.3 cm³/mol. The molecule has 0 amide bonds. The number of hydrogen-bond donors (Lipinski definition) is 2. The first-order chi connectivity index (χ1) is 8.70. The van der Waals surface area contributed by atoms with Gasteiger partial charge in [0.15, 0.2) is 0 Å². The molecule has 2 N–H and O–H groups in total. The van der Waals surface area contributed by atoms with E-state index in [0.717, 1.165) is 11.0 Å². The van der Waals surface area contributed by atoms with E-state index < -0.39 is 0 Å². The summed E-state index contributed by atoms with van der Waals surface area (Å²) in [5.74, 6) is 0.910. The maximum absolute atomic E-state index is 9.04. The quantitative estimate of drug-likeness (QED) is 0.842. The second-order valence-electron chi connectivity index (χ2n) is 4.63. The van der Waals surface area contributed by atoms with Crippen LogP contribution in [0.1, 0.15) is 20.3 Å². The topological polar surface area (TPSA) is 70.9 Å². The monoisotopic (exact) mass is 246 g/mol. The van der Waals surface area contributed by atoms with Gasteiger partial charge in [-0.15, -0.1) is 10.2 Å². The normalized spacial score (nSPS) is 12.9. The van der Waals surface area contributed by atoms with Crippen LogP contribution in [0.4, 0.5) is 5.95 Å². The summed E-state index contributed by atoms with van der Waals surface area (Å²) in [5.41, 5.74) is 1.60. The Bertz CT molecular complexity index is 515. The van der Waals surface area contributed by atoms with Crippen molar-refractivity contribution in [3.63, 3.8) is 0 Å². The molecule has 1 unspecified atom stereocenters. The molecule has 2 rings (SSSR count). The van der Waals surface area contributed by atoms with E-state index in [0.29, 0.717) is 18.3 Å². The van der Waals surface area contributed by atoms with Gasteiger partial charge in [-0.05, 0) is 24.5 Å². The molecule has 1 atom stereocenters. The molecule has 0 saturated carbocycles. The molecular formula is C13H18N4O. The van der Waals surface area contributed by atoms with Crippen LogP contribution < -0.4 is 5.32 Å². The number of fused-ring (bicyclic) bond motifs is 1. The highest BCUT2D eigenvalue weighted by atomic mass is 16.3. The number of nitrogens with one attached hydrogen (secondary N) is 1. The lowest BCUT2D eigenvalue weighted by atomic mass is 10.0. The lowest BCUT2D eigenvalue weighted by Crippen LogP contribution is -2.28. The third-order valence-electron chi connectivity index (χ3n) is 2.92. The standard InChI is InChI=1S/C13H18N4O/c1-9(2)10(7-8-18)14-13-15-11-5-3-4-6-12(11)16-17-13/h3-6,9-10,18H,7-8H2,1-2H3,(H,14,15,17). The van der Waals surface area contributed by atoms with E-state index in [9.17, 15) is 0 Å². The number of aliphatic hydroxyl groups excluding tert-OH is 1. The van der Waals surface area contributed by atoms with Crippen LogP contribution in [0.2, 0.25) is 0 Å². The number of para-hydroxylation sites is 1. The molecule has 0 radical (unpaired) electrons. The minimum Gasteiger partial charge on any atom is -0.396 e. The van der Waals surface area contributed by atoms with Gasteiger partial charge < -0.3 is 10.4 Å². The van der Waals surface area contributed by atoms with Crippen molar-refractivity contribution in [1.29, 1.82) is 0 Å². The second kappa shape index (κ2) is 5.73. The number of rotatable bonds is 5. The SMILES string of the molecule is CC(C)C(CCO)Nc1nnc2ccccc2n1. The summed E-state index contributed by atoms with van der Waals surface area (Å²) in [6.45, 7) is 4.35. The van der Waals surface area contributed by atoms with Gasteiger partial charge in [-0.3, -0.25) is 0 Å². The minimum atomic E-state index is 0.150. The Balaban J connectivity index is 2.20. The Morgan fingerprint density at radius 3 is 2.56 bits per heavy atom. The van der Waals surface area contributed by atoms with Crippen molar-refractivity contribution in [3.8, 4) is 0 Å². The Labute approximate surface area is 106 Å².